The van der Waals surface area contributed by atoms with E-state index >= 15 is 0 Å². The van der Waals surface area contributed by atoms with Gasteiger partial charge in [0.25, 0.3) is 0 Å². The van der Waals surface area contributed by atoms with E-state index in [1.165, 1.54) is 209 Å². The van der Waals surface area contributed by atoms with Crippen molar-refractivity contribution in [2.45, 2.75) is 144 Å². The van der Waals surface area contributed by atoms with Crippen LogP contribution in [-0.2, 0) is 0 Å². The smallest absolute Gasteiger partial charge is 0.0199 e. The van der Waals surface area contributed by atoms with Crippen LogP contribution in [0.25, 0.3) is 198 Å². The molecule has 0 saturated carbocycles. The first kappa shape index (κ1) is 104. The molecule has 3 aliphatic carbocycles. The summed E-state index contributed by atoms with van der Waals surface area (Å²) in [6.45, 7) is 43.8. The molecule has 3 aliphatic rings. The van der Waals surface area contributed by atoms with Gasteiger partial charge in [-0.05, 0) is 260 Å². The molecule has 0 aromatic heterocycles. The Labute approximate surface area is 877 Å². The second-order valence-corrected chi connectivity index (χ2v) is 47.0. The SMILES string of the molecule is C1=CC2C=Cc3ccc(-c4cccc(-c5ccccc5)c4)c4c3C2C(=C1)C=C4.CC(C)(C)C.CC(C)(C)C.CC(C)(C)C.CC(C)(C)C.CC(C)(C)C.c1cc2ccc3cccc4ccc(c1)c2c34.c1ccc(-c2ccc3ccc4c(-c5ccccc5)cccc4c3c2)cc1.c1ccc(-c2cccc(-c3ccc4ccc5c(-c6ccccc6)ccc6ccc3c4c65)c2)cc1.c1ccc(-c2cccc(-c3ccccc3)c2)cc1. The zero-order valence-corrected chi connectivity index (χ0v) is 90.0. The molecule has 0 radical (unpaired) electrons. The normalized spacial score (nSPS) is 13.1. The third-order valence-electron chi connectivity index (χ3n) is 24.8. The average molecular weight is 1910 g/mol. The Balaban J connectivity index is 0.000000126. The van der Waals surface area contributed by atoms with E-state index in [0.29, 0.717) is 38.9 Å². The predicted molar refractivity (Wildman–Crippen MR) is 651 cm³/mol. The van der Waals surface area contributed by atoms with Gasteiger partial charge >= 0.3 is 0 Å². The third-order valence-corrected chi connectivity index (χ3v) is 24.8. The molecule has 0 saturated heterocycles. The van der Waals surface area contributed by atoms with E-state index in [-0.39, 0.29) is 0 Å². The van der Waals surface area contributed by atoms with Gasteiger partial charge in [-0.3, -0.25) is 0 Å². The topological polar surface area (TPSA) is 0 Å². The van der Waals surface area contributed by atoms with Gasteiger partial charge in [-0.2, -0.15) is 0 Å². The summed E-state index contributed by atoms with van der Waals surface area (Å²) in [5, 5.41) is 21.3. The molecule has 0 nitrogen and oxygen atoms in total. The molecule has 0 bridgehead atoms. The fourth-order valence-electron chi connectivity index (χ4n) is 18.9. The summed E-state index contributed by atoms with van der Waals surface area (Å²) in [6.07, 6.45) is 16.1. The lowest BCUT2D eigenvalue weighted by Crippen LogP contribution is -2.20. The van der Waals surface area contributed by atoms with Gasteiger partial charge in [0.05, 0.1) is 0 Å². The van der Waals surface area contributed by atoms with Crippen LogP contribution in [0.2, 0.25) is 0 Å². The fraction of sp³-hybridized carbons (Fsp3) is 0.184. The van der Waals surface area contributed by atoms with Gasteiger partial charge in [0.15, 0.2) is 0 Å². The van der Waals surface area contributed by atoms with Gasteiger partial charge in [0, 0.05) is 11.8 Å². The molecule has 2 unspecified atom stereocenters. The molecule has 0 spiro atoms. The number of hydrogen-bond donors (Lipinski definition) is 0. The van der Waals surface area contributed by atoms with Gasteiger partial charge in [-0.1, -0.05) is 612 Å². The van der Waals surface area contributed by atoms with Gasteiger partial charge in [-0.15, -0.1) is 0 Å². The highest BCUT2D eigenvalue weighted by atomic mass is 14.4. The number of rotatable bonds is 9. The Kier molecular flexibility index (Phi) is 33.1. The Bertz CT molecular complexity index is 7980. The second kappa shape index (κ2) is 46.6. The van der Waals surface area contributed by atoms with Crippen molar-refractivity contribution in [3.8, 4) is 100 Å². The molecule has 22 aromatic carbocycles. The Morgan fingerprint density at radius 1 is 0.170 bits per heavy atom. The van der Waals surface area contributed by atoms with Crippen LogP contribution in [0.3, 0.4) is 0 Å². The lowest BCUT2D eigenvalue weighted by atomic mass is 9.68. The first-order valence-corrected chi connectivity index (χ1v) is 52.4. The highest BCUT2D eigenvalue weighted by molar-refractivity contribution is 6.28. The summed E-state index contributed by atoms with van der Waals surface area (Å²) < 4.78 is 0. The van der Waals surface area contributed by atoms with E-state index in [2.05, 4.69) is 624 Å². The number of hydrogen-bond acceptors (Lipinski definition) is 0. The van der Waals surface area contributed by atoms with Crippen molar-refractivity contribution in [2.24, 2.45) is 33.0 Å². The van der Waals surface area contributed by atoms with Crippen LogP contribution < -0.4 is 0 Å². The first-order chi connectivity index (χ1) is 70.5. The highest BCUT2D eigenvalue weighted by Crippen LogP contribution is 2.51. The maximum Gasteiger partial charge on any atom is 0.0199 e. The zero-order chi connectivity index (χ0) is 104. The second-order valence-electron chi connectivity index (χ2n) is 47.0. The van der Waals surface area contributed by atoms with E-state index < -0.39 is 0 Å². The number of allylic oxidation sites excluding steroid dienone is 6. The molecule has 0 amide bonds. The first-order valence-electron chi connectivity index (χ1n) is 52.4. The summed E-state index contributed by atoms with van der Waals surface area (Å²) in [5.41, 5.74) is 31.0. The number of benzene rings is 22. The summed E-state index contributed by atoms with van der Waals surface area (Å²) in [6, 6.07) is 163. The molecular formula is C147H144. The summed E-state index contributed by atoms with van der Waals surface area (Å²) in [5.74, 6) is 0.935. The minimum atomic E-state index is 0.460. The Hall–Kier alpha value is -15.6. The Morgan fingerprint density at radius 3 is 0.844 bits per heavy atom. The lowest BCUT2D eigenvalue weighted by molar-refractivity contribution is 0.469. The van der Waals surface area contributed by atoms with Crippen LogP contribution in [-0.4, -0.2) is 0 Å². The molecular weight excluding hydrogens is 1770 g/mol. The van der Waals surface area contributed by atoms with Crippen molar-refractivity contribution in [3.63, 3.8) is 0 Å². The maximum absolute atomic E-state index is 2.36. The minimum Gasteiger partial charge on any atom is -0.0767 e. The predicted octanol–water partition coefficient (Wildman–Crippen LogP) is 44.0. The Morgan fingerprint density at radius 2 is 0.449 bits per heavy atom. The summed E-state index contributed by atoms with van der Waals surface area (Å²) >= 11 is 0. The molecule has 25 rings (SSSR count). The molecule has 0 fully saturated rings. The number of fused-ring (bicyclic) bond motifs is 3. The molecule has 147 heavy (non-hydrogen) atoms. The molecule has 732 valence electrons. The van der Waals surface area contributed by atoms with Crippen LogP contribution in [0.5, 0.6) is 0 Å². The standard InChI is InChI=1S/C34H22.C28H20.C26H18.C18H14.C16H10.5C5H12/c1-3-8-23(9-4-1)27-12-7-13-28(22-27)30-19-15-26-16-20-31-29(24-10-5-2-6-11-24)18-14-25-17-21-32(30)34(26)33(25)31;1-2-6-19(7-3-1)23-10-5-11-24(18-23)25-16-14-22-13-12-20-8-4-9-21-15-17-26(25)28(22)27(20)21;1-3-8-19(9-4-1)22-15-14-21-16-17-25-23(20-10-5-2-6-11-20)12-7-13-24(25)26(21)18-22;1-3-8-15(9-4-1)17-12-7-13-18(14-17)16-10-5-2-6-11-16;1-3-11-7-9-13-5-2-6-14-10-8-12(4-1)15(11)16(13)14;5*1-5(2,3)4/h1-22H;1-18,20,27H;1-18H;1-14H;1-10H;5*1-4H3. The van der Waals surface area contributed by atoms with E-state index in [1.807, 2.05) is 12.1 Å². The molecule has 0 heteroatoms. The summed E-state index contributed by atoms with van der Waals surface area (Å²) in [4.78, 5) is 0. The summed E-state index contributed by atoms with van der Waals surface area (Å²) in [7, 11) is 0. The lowest BCUT2D eigenvalue weighted by Gasteiger charge is -2.35. The van der Waals surface area contributed by atoms with Crippen LogP contribution in [0.4, 0.5) is 0 Å². The molecule has 22 aromatic rings. The maximum atomic E-state index is 2.36. The highest BCUT2D eigenvalue weighted by Gasteiger charge is 2.34. The van der Waals surface area contributed by atoms with Crippen molar-refractivity contribution in [1.29, 1.82) is 0 Å². The molecule has 0 heterocycles. The van der Waals surface area contributed by atoms with Gasteiger partial charge in [-0.25, -0.2) is 0 Å². The van der Waals surface area contributed by atoms with Gasteiger partial charge < -0.3 is 0 Å². The van der Waals surface area contributed by atoms with Crippen LogP contribution in [0.15, 0.2) is 491 Å². The van der Waals surface area contributed by atoms with Crippen molar-refractivity contribution in [3.05, 3.63) is 508 Å². The van der Waals surface area contributed by atoms with E-state index in [0.717, 1.165) is 0 Å². The molecule has 0 aliphatic heterocycles. The van der Waals surface area contributed by atoms with E-state index in [4.69, 9.17) is 0 Å². The molecule has 0 N–H and O–H groups in total. The quantitative estimate of drug-likeness (QED) is 0.126. The van der Waals surface area contributed by atoms with Crippen LogP contribution in [0, 0.1) is 33.0 Å². The van der Waals surface area contributed by atoms with Crippen molar-refractivity contribution in [2.75, 3.05) is 0 Å². The molecule has 2 atom stereocenters. The van der Waals surface area contributed by atoms with Crippen molar-refractivity contribution >= 4 is 98.3 Å². The van der Waals surface area contributed by atoms with E-state index in [9.17, 15) is 0 Å². The van der Waals surface area contributed by atoms with E-state index in [1.54, 1.807) is 0 Å². The average Bonchev–Trinajstić information content (AvgIpc) is 0.731. The van der Waals surface area contributed by atoms with Crippen molar-refractivity contribution in [1.82, 2.24) is 0 Å². The van der Waals surface area contributed by atoms with Gasteiger partial charge in [0.1, 0.15) is 0 Å². The largest absolute Gasteiger partial charge is 0.0767 e. The van der Waals surface area contributed by atoms with Gasteiger partial charge in [0.2, 0.25) is 0 Å². The van der Waals surface area contributed by atoms with Crippen molar-refractivity contribution < 1.29 is 0 Å². The third kappa shape index (κ3) is 27.9. The van der Waals surface area contributed by atoms with Crippen LogP contribution >= 0.6 is 0 Å². The van der Waals surface area contributed by atoms with Crippen LogP contribution in [0.1, 0.15) is 161 Å². The zero-order valence-electron chi connectivity index (χ0n) is 90.0. The monoisotopic (exact) mass is 1910 g/mol. The minimum absolute atomic E-state index is 0.460. The fourth-order valence-corrected chi connectivity index (χ4v) is 18.9.